The summed E-state index contributed by atoms with van der Waals surface area (Å²) in [4.78, 5) is 14.7. The van der Waals surface area contributed by atoms with Gasteiger partial charge in [0.2, 0.25) is 5.91 Å². The fourth-order valence-corrected chi connectivity index (χ4v) is 4.04. The van der Waals surface area contributed by atoms with Gasteiger partial charge in [-0.3, -0.25) is 4.79 Å². The monoisotopic (exact) mass is 380 g/mol. The van der Waals surface area contributed by atoms with Gasteiger partial charge in [0, 0.05) is 19.5 Å². The number of hydrogen-bond donors (Lipinski definition) is 1. The van der Waals surface area contributed by atoms with Gasteiger partial charge in [-0.05, 0) is 56.2 Å². The molecule has 2 aliphatic rings. The molecular formula is C21H33ClN2O2. The molecule has 0 aromatic heterocycles. The predicted molar refractivity (Wildman–Crippen MR) is 107 cm³/mol. The second-order valence-corrected chi connectivity index (χ2v) is 7.65. The Kier molecular flexibility index (Phi) is 8.89. The molecule has 1 amide bonds. The average molecular weight is 381 g/mol. The SMILES string of the molecule is CC(CC(=O)N1CCC(OCc2ccccc2)CC1)C1CCNCC1.Cl. The van der Waals surface area contributed by atoms with Crippen molar-refractivity contribution in [1.82, 2.24) is 10.2 Å². The first-order valence-corrected chi connectivity index (χ1v) is 9.86. The molecular weight excluding hydrogens is 348 g/mol. The molecule has 2 fully saturated rings. The Balaban J connectivity index is 0.00000243. The summed E-state index contributed by atoms with van der Waals surface area (Å²) >= 11 is 0. The number of likely N-dealkylation sites (tertiary alicyclic amines) is 1. The zero-order valence-corrected chi connectivity index (χ0v) is 16.7. The number of nitrogens with one attached hydrogen (secondary N) is 1. The molecule has 146 valence electrons. The summed E-state index contributed by atoms with van der Waals surface area (Å²) in [5, 5.41) is 3.41. The summed E-state index contributed by atoms with van der Waals surface area (Å²) in [5.41, 5.74) is 1.22. The maximum absolute atomic E-state index is 12.6. The van der Waals surface area contributed by atoms with Crippen molar-refractivity contribution >= 4 is 18.3 Å². The summed E-state index contributed by atoms with van der Waals surface area (Å²) in [7, 11) is 0. The fourth-order valence-electron chi connectivity index (χ4n) is 4.04. The van der Waals surface area contributed by atoms with E-state index in [1.807, 2.05) is 18.2 Å². The highest BCUT2D eigenvalue weighted by atomic mass is 35.5. The van der Waals surface area contributed by atoms with Crippen LogP contribution in [0.1, 0.15) is 44.6 Å². The van der Waals surface area contributed by atoms with Crippen LogP contribution in [0.5, 0.6) is 0 Å². The van der Waals surface area contributed by atoms with E-state index in [0.29, 0.717) is 30.8 Å². The second kappa shape index (κ2) is 10.9. The van der Waals surface area contributed by atoms with Crippen molar-refractivity contribution in [3.05, 3.63) is 35.9 Å². The number of halogens is 1. The van der Waals surface area contributed by atoms with Crippen molar-refractivity contribution < 1.29 is 9.53 Å². The Hall–Kier alpha value is -1.10. The third kappa shape index (κ3) is 6.26. The first-order chi connectivity index (χ1) is 12.2. The maximum Gasteiger partial charge on any atom is 0.222 e. The van der Waals surface area contributed by atoms with Crippen LogP contribution in [0.2, 0.25) is 0 Å². The third-order valence-electron chi connectivity index (χ3n) is 5.81. The molecule has 1 aromatic carbocycles. The van der Waals surface area contributed by atoms with Crippen molar-refractivity contribution in [2.45, 2.75) is 51.7 Å². The van der Waals surface area contributed by atoms with Gasteiger partial charge in [-0.15, -0.1) is 12.4 Å². The van der Waals surface area contributed by atoms with Crippen LogP contribution in [-0.4, -0.2) is 43.1 Å². The zero-order chi connectivity index (χ0) is 17.5. The highest BCUT2D eigenvalue weighted by Gasteiger charge is 2.27. The van der Waals surface area contributed by atoms with Crippen molar-refractivity contribution in [3.63, 3.8) is 0 Å². The Morgan fingerprint density at radius 1 is 1.15 bits per heavy atom. The summed E-state index contributed by atoms with van der Waals surface area (Å²) in [6.45, 7) is 6.82. The number of hydrogen-bond acceptors (Lipinski definition) is 3. The lowest BCUT2D eigenvalue weighted by Gasteiger charge is -2.34. The molecule has 3 rings (SSSR count). The summed E-state index contributed by atoms with van der Waals surface area (Å²) in [5.74, 6) is 1.55. The van der Waals surface area contributed by atoms with E-state index in [2.05, 4.69) is 29.3 Å². The predicted octanol–water partition coefficient (Wildman–Crippen LogP) is 3.64. The molecule has 1 N–H and O–H groups in total. The van der Waals surface area contributed by atoms with E-state index in [4.69, 9.17) is 4.74 Å². The number of carbonyl (C=O) groups is 1. The van der Waals surface area contributed by atoms with Gasteiger partial charge in [-0.25, -0.2) is 0 Å². The number of nitrogens with zero attached hydrogens (tertiary/aromatic N) is 1. The average Bonchev–Trinajstić information content (AvgIpc) is 2.68. The van der Waals surface area contributed by atoms with Crippen LogP contribution in [-0.2, 0) is 16.1 Å². The van der Waals surface area contributed by atoms with Crippen molar-refractivity contribution in [3.8, 4) is 0 Å². The van der Waals surface area contributed by atoms with Crippen LogP contribution in [0.25, 0.3) is 0 Å². The Bertz CT molecular complexity index is 526. The minimum absolute atomic E-state index is 0. The molecule has 1 unspecified atom stereocenters. The van der Waals surface area contributed by atoms with E-state index < -0.39 is 0 Å². The quantitative estimate of drug-likeness (QED) is 0.819. The molecule has 2 heterocycles. The second-order valence-electron chi connectivity index (χ2n) is 7.65. The number of carbonyl (C=O) groups excluding carboxylic acids is 1. The van der Waals surface area contributed by atoms with Crippen molar-refractivity contribution in [2.75, 3.05) is 26.2 Å². The van der Waals surface area contributed by atoms with Crippen LogP contribution >= 0.6 is 12.4 Å². The van der Waals surface area contributed by atoms with Gasteiger partial charge in [-0.2, -0.15) is 0 Å². The van der Waals surface area contributed by atoms with Gasteiger partial charge in [-0.1, -0.05) is 37.3 Å². The molecule has 0 bridgehead atoms. The Morgan fingerprint density at radius 3 is 2.46 bits per heavy atom. The van der Waals surface area contributed by atoms with Gasteiger partial charge in [0.15, 0.2) is 0 Å². The molecule has 5 heteroatoms. The first-order valence-electron chi connectivity index (χ1n) is 9.86. The van der Waals surface area contributed by atoms with Crippen LogP contribution in [0.15, 0.2) is 30.3 Å². The molecule has 1 atom stereocenters. The van der Waals surface area contributed by atoms with E-state index in [0.717, 1.165) is 39.0 Å². The molecule has 2 saturated heterocycles. The zero-order valence-electron chi connectivity index (χ0n) is 15.9. The normalized spacial score (nSPS) is 20.4. The third-order valence-corrected chi connectivity index (χ3v) is 5.81. The van der Waals surface area contributed by atoms with E-state index in [1.165, 1.54) is 18.4 Å². The fraction of sp³-hybridized carbons (Fsp3) is 0.667. The molecule has 0 radical (unpaired) electrons. The minimum Gasteiger partial charge on any atom is -0.373 e. The van der Waals surface area contributed by atoms with E-state index >= 15 is 0 Å². The molecule has 0 saturated carbocycles. The number of rotatable bonds is 6. The number of piperidine rings is 2. The first kappa shape index (κ1) is 21.2. The smallest absolute Gasteiger partial charge is 0.222 e. The molecule has 0 spiro atoms. The number of amides is 1. The molecule has 4 nitrogen and oxygen atoms in total. The van der Waals surface area contributed by atoms with Crippen molar-refractivity contribution in [2.24, 2.45) is 11.8 Å². The largest absolute Gasteiger partial charge is 0.373 e. The minimum atomic E-state index is 0. The van der Waals surface area contributed by atoms with E-state index in [1.54, 1.807) is 0 Å². The van der Waals surface area contributed by atoms with Crippen LogP contribution in [0.4, 0.5) is 0 Å². The van der Waals surface area contributed by atoms with Gasteiger partial charge >= 0.3 is 0 Å². The Morgan fingerprint density at radius 2 is 1.81 bits per heavy atom. The molecule has 26 heavy (non-hydrogen) atoms. The molecule has 2 aliphatic heterocycles. The van der Waals surface area contributed by atoms with E-state index in [-0.39, 0.29) is 18.5 Å². The lowest BCUT2D eigenvalue weighted by molar-refractivity contribution is -0.135. The van der Waals surface area contributed by atoms with Gasteiger partial charge in [0.1, 0.15) is 0 Å². The van der Waals surface area contributed by atoms with Gasteiger partial charge < -0.3 is 15.0 Å². The topological polar surface area (TPSA) is 41.6 Å². The number of ether oxygens (including phenoxy) is 1. The number of benzene rings is 1. The highest BCUT2D eigenvalue weighted by Crippen LogP contribution is 2.26. The molecule has 0 aliphatic carbocycles. The summed E-state index contributed by atoms with van der Waals surface area (Å²) in [6, 6.07) is 10.3. The lowest BCUT2D eigenvalue weighted by Crippen LogP contribution is -2.42. The highest BCUT2D eigenvalue weighted by molar-refractivity contribution is 5.85. The standard InChI is InChI=1S/C21H32N2O2.ClH/c1-17(19-7-11-22-12-8-19)15-21(24)23-13-9-20(10-14-23)25-16-18-5-3-2-4-6-18;/h2-6,17,19-20,22H,7-16H2,1H3;1H. The molecule has 1 aromatic rings. The lowest BCUT2D eigenvalue weighted by atomic mass is 9.84. The van der Waals surface area contributed by atoms with E-state index in [9.17, 15) is 4.79 Å². The summed E-state index contributed by atoms with van der Waals surface area (Å²) < 4.78 is 6.03. The van der Waals surface area contributed by atoms with Gasteiger partial charge in [0.05, 0.1) is 12.7 Å². The maximum atomic E-state index is 12.6. The summed E-state index contributed by atoms with van der Waals surface area (Å²) in [6.07, 6.45) is 5.33. The van der Waals surface area contributed by atoms with Crippen molar-refractivity contribution in [1.29, 1.82) is 0 Å². The van der Waals surface area contributed by atoms with Crippen LogP contribution < -0.4 is 5.32 Å². The van der Waals surface area contributed by atoms with Gasteiger partial charge in [0.25, 0.3) is 0 Å². The van der Waals surface area contributed by atoms with Crippen LogP contribution in [0, 0.1) is 11.8 Å². The Labute approximate surface area is 164 Å². The van der Waals surface area contributed by atoms with Crippen LogP contribution in [0.3, 0.4) is 0 Å².